The molecule has 0 unspecified atom stereocenters. The van der Waals surface area contributed by atoms with Crippen LogP contribution in [0.5, 0.6) is 11.6 Å². The fourth-order valence-electron chi connectivity index (χ4n) is 2.52. The predicted octanol–water partition coefficient (Wildman–Crippen LogP) is 4.89. The van der Waals surface area contributed by atoms with E-state index in [9.17, 15) is 0 Å². The second-order valence-electron chi connectivity index (χ2n) is 5.34. The highest BCUT2D eigenvalue weighted by molar-refractivity contribution is 7.20. The lowest BCUT2D eigenvalue weighted by molar-refractivity contribution is 0.465. The fraction of sp³-hybridized carbons (Fsp3) is 0.111. The molecule has 4 nitrogen and oxygen atoms in total. The summed E-state index contributed by atoms with van der Waals surface area (Å²) in [4.78, 5) is 10.1. The van der Waals surface area contributed by atoms with Gasteiger partial charge in [-0.2, -0.15) is 0 Å². The summed E-state index contributed by atoms with van der Waals surface area (Å²) in [6, 6.07) is 17.7. The molecular formula is C18H15N3OS. The topological polar surface area (TPSA) is 39.9 Å². The number of ether oxygens (including phenoxy) is 1. The van der Waals surface area contributed by atoms with Crippen molar-refractivity contribution in [2.75, 3.05) is 0 Å². The van der Waals surface area contributed by atoms with Gasteiger partial charge in [-0.1, -0.05) is 29.5 Å². The highest BCUT2D eigenvalue weighted by Crippen LogP contribution is 2.29. The van der Waals surface area contributed by atoms with E-state index >= 15 is 0 Å². The van der Waals surface area contributed by atoms with E-state index in [4.69, 9.17) is 4.74 Å². The van der Waals surface area contributed by atoms with E-state index in [1.807, 2.05) is 42.5 Å². The Kier molecular flexibility index (Phi) is 3.35. The lowest BCUT2D eigenvalue weighted by Crippen LogP contribution is -1.97. The number of thiazole rings is 1. The Morgan fingerprint density at radius 3 is 2.35 bits per heavy atom. The van der Waals surface area contributed by atoms with Crippen molar-refractivity contribution in [1.82, 2.24) is 14.5 Å². The average molecular weight is 321 g/mol. The molecule has 0 saturated carbocycles. The molecule has 0 radical (unpaired) electrons. The predicted molar refractivity (Wildman–Crippen MR) is 92.7 cm³/mol. The summed E-state index contributed by atoms with van der Waals surface area (Å²) in [5.41, 5.74) is 3.22. The van der Waals surface area contributed by atoms with E-state index in [0.29, 0.717) is 5.88 Å². The molecule has 0 bridgehead atoms. The Morgan fingerprint density at radius 1 is 0.870 bits per heavy atom. The number of fused-ring (bicyclic) bond motifs is 1. The molecule has 3 heterocycles. The van der Waals surface area contributed by atoms with Crippen molar-refractivity contribution in [1.29, 1.82) is 0 Å². The maximum Gasteiger partial charge on any atom is 0.220 e. The molecule has 4 aromatic rings. The first-order valence-corrected chi connectivity index (χ1v) is 8.18. The van der Waals surface area contributed by atoms with Crippen molar-refractivity contribution in [3.63, 3.8) is 0 Å². The molecule has 23 heavy (non-hydrogen) atoms. The summed E-state index contributed by atoms with van der Waals surface area (Å²) in [6.45, 7) is 4.16. The summed E-state index contributed by atoms with van der Waals surface area (Å²) < 4.78 is 7.94. The van der Waals surface area contributed by atoms with Crippen molar-refractivity contribution in [2.45, 2.75) is 13.8 Å². The minimum absolute atomic E-state index is 0.583. The standard InChI is InChI=1S/C18H15N3OS/c1-12-8-9-13(2)21(12)18-19-15-10-11-16(20-17(15)23-18)22-14-6-4-3-5-7-14/h3-11H,1-2H3. The number of pyridine rings is 1. The number of aryl methyl sites for hydroxylation is 2. The quantitative estimate of drug-likeness (QED) is 0.539. The third-order valence-corrected chi connectivity index (χ3v) is 4.60. The summed E-state index contributed by atoms with van der Waals surface area (Å²) in [6.07, 6.45) is 0. The number of nitrogens with zero attached hydrogens (tertiary/aromatic N) is 3. The Morgan fingerprint density at radius 2 is 1.61 bits per heavy atom. The van der Waals surface area contributed by atoms with Gasteiger partial charge < -0.3 is 4.74 Å². The second-order valence-corrected chi connectivity index (χ2v) is 6.29. The van der Waals surface area contributed by atoms with Gasteiger partial charge >= 0.3 is 0 Å². The normalized spacial score (nSPS) is 11.0. The molecule has 0 aliphatic carbocycles. The first-order valence-electron chi connectivity index (χ1n) is 7.36. The molecule has 4 rings (SSSR count). The smallest absolute Gasteiger partial charge is 0.220 e. The minimum atomic E-state index is 0.583. The molecule has 0 spiro atoms. The first-order chi connectivity index (χ1) is 11.2. The van der Waals surface area contributed by atoms with Gasteiger partial charge in [0.2, 0.25) is 5.88 Å². The number of para-hydroxylation sites is 1. The largest absolute Gasteiger partial charge is 0.439 e. The van der Waals surface area contributed by atoms with E-state index in [2.05, 4.69) is 40.5 Å². The molecule has 0 fully saturated rings. The molecule has 0 amide bonds. The van der Waals surface area contributed by atoms with Crippen molar-refractivity contribution in [3.05, 3.63) is 66.0 Å². The van der Waals surface area contributed by atoms with Crippen LogP contribution in [0.1, 0.15) is 11.4 Å². The number of hydrogen-bond donors (Lipinski definition) is 0. The van der Waals surface area contributed by atoms with Gasteiger partial charge in [0.15, 0.2) is 5.13 Å². The fourth-order valence-corrected chi connectivity index (χ4v) is 3.57. The van der Waals surface area contributed by atoms with Gasteiger partial charge in [0.05, 0.1) is 0 Å². The van der Waals surface area contributed by atoms with E-state index in [-0.39, 0.29) is 0 Å². The van der Waals surface area contributed by atoms with E-state index < -0.39 is 0 Å². The zero-order chi connectivity index (χ0) is 15.8. The number of aromatic nitrogens is 3. The third-order valence-electron chi connectivity index (χ3n) is 3.65. The molecule has 5 heteroatoms. The molecule has 1 aromatic carbocycles. The second kappa shape index (κ2) is 5.52. The summed E-state index contributed by atoms with van der Waals surface area (Å²) >= 11 is 1.57. The Labute approximate surface area is 138 Å². The lowest BCUT2D eigenvalue weighted by atomic mass is 10.3. The minimum Gasteiger partial charge on any atom is -0.439 e. The van der Waals surface area contributed by atoms with Gasteiger partial charge in [-0.05, 0) is 44.2 Å². The van der Waals surface area contributed by atoms with Crippen molar-refractivity contribution >= 4 is 21.7 Å². The first kappa shape index (κ1) is 14.0. The van der Waals surface area contributed by atoms with Crippen LogP contribution in [0, 0.1) is 13.8 Å². The van der Waals surface area contributed by atoms with E-state index in [0.717, 1.165) is 21.2 Å². The van der Waals surface area contributed by atoms with Crippen molar-refractivity contribution in [2.24, 2.45) is 0 Å². The van der Waals surface area contributed by atoms with Crippen LogP contribution in [0.4, 0.5) is 0 Å². The van der Waals surface area contributed by atoms with Crippen LogP contribution in [0.3, 0.4) is 0 Å². The van der Waals surface area contributed by atoms with Gasteiger partial charge in [-0.3, -0.25) is 4.57 Å². The number of hydrogen-bond acceptors (Lipinski definition) is 4. The van der Waals surface area contributed by atoms with Crippen LogP contribution in [-0.2, 0) is 0 Å². The maximum absolute atomic E-state index is 5.79. The zero-order valence-electron chi connectivity index (χ0n) is 12.9. The monoisotopic (exact) mass is 321 g/mol. The van der Waals surface area contributed by atoms with Crippen LogP contribution in [0.25, 0.3) is 15.5 Å². The molecular weight excluding hydrogens is 306 g/mol. The van der Waals surface area contributed by atoms with E-state index in [1.165, 1.54) is 11.4 Å². The Bertz CT molecular complexity index is 953. The molecule has 0 aliphatic heterocycles. The molecule has 0 aliphatic rings. The molecule has 3 aromatic heterocycles. The van der Waals surface area contributed by atoms with Crippen LogP contribution in [-0.4, -0.2) is 14.5 Å². The van der Waals surface area contributed by atoms with Gasteiger partial charge in [0.1, 0.15) is 16.1 Å². The van der Waals surface area contributed by atoms with Crippen molar-refractivity contribution < 1.29 is 4.74 Å². The maximum atomic E-state index is 5.79. The Hall–Kier alpha value is -2.66. The highest BCUT2D eigenvalue weighted by Gasteiger charge is 2.11. The molecule has 0 saturated heterocycles. The SMILES string of the molecule is Cc1ccc(C)n1-c1nc2ccc(Oc3ccccc3)nc2s1. The van der Waals surface area contributed by atoms with Crippen molar-refractivity contribution in [3.8, 4) is 16.8 Å². The van der Waals surface area contributed by atoms with Gasteiger partial charge in [0, 0.05) is 17.5 Å². The van der Waals surface area contributed by atoms with E-state index in [1.54, 1.807) is 11.3 Å². The number of rotatable bonds is 3. The average Bonchev–Trinajstić information content (AvgIpc) is 3.10. The lowest BCUT2D eigenvalue weighted by Gasteiger charge is -2.03. The van der Waals surface area contributed by atoms with Crippen LogP contribution in [0.2, 0.25) is 0 Å². The highest BCUT2D eigenvalue weighted by atomic mass is 32.1. The summed E-state index contributed by atoms with van der Waals surface area (Å²) in [5.74, 6) is 1.36. The Balaban J connectivity index is 1.73. The molecule has 114 valence electrons. The van der Waals surface area contributed by atoms with Gasteiger partial charge in [0.25, 0.3) is 0 Å². The van der Waals surface area contributed by atoms with Crippen LogP contribution >= 0.6 is 11.3 Å². The number of benzene rings is 1. The van der Waals surface area contributed by atoms with Crippen LogP contribution in [0.15, 0.2) is 54.6 Å². The van der Waals surface area contributed by atoms with Gasteiger partial charge in [-0.25, -0.2) is 9.97 Å². The summed E-state index contributed by atoms with van der Waals surface area (Å²) in [7, 11) is 0. The summed E-state index contributed by atoms with van der Waals surface area (Å²) in [5, 5.41) is 0.935. The molecule has 0 N–H and O–H groups in total. The third kappa shape index (κ3) is 2.59. The van der Waals surface area contributed by atoms with Gasteiger partial charge in [-0.15, -0.1) is 0 Å². The molecule has 0 atom stereocenters. The van der Waals surface area contributed by atoms with Crippen LogP contribution < -0.4 is 4.74 Å². The zero-order valence-corrected chi connectivity index (χ0v) is 13.7.